The summed E-state index contributed by atoms with van der Waals surface area (Å²) in [5, 5.41) is 3.23. The molecule has 0 spiro atoms. The number of fused-ring (bicyclic) bond motifs is 2. The Kier molecular flexibility index (Phi) is 9.75. The summed E-state index contributed by atoms with van der Waals surface area (Å²) in [6, 6.07) is 12.0. The summed E-state index contributed by atoms with van der Waals surface area (Å²) in [7, 11) is 1.28. The predicted molar refractivity (Wildman–Crippen MR) is 174 cm³/mol. The molecule has 3 amide bonds. The summed E-state index contributed by atoms with van der Waals surface area (Å²) in [5.74, 6) is -0.235. The van der Waals surface area contributed by atoms with Crippen LogP contribution in [0.25, 0.3) is 0 Å². The average molecular weight is 650 g/mol. The smallest absolute Gasteiger partial charge is 0.411 e. The fourth-order valence-corrected chi connectivity index (χ4v) is 6.51. The number of benzene rings is 2. The number of esters is 1. The average Bonchev–Trinajstić information content (AvgIpc) is 3.42. The molecule has 0 radical (unpaired) electrons. The Hall–Kier alpha value is -4.28. The van der Waals surface area contributed by atoms with Gasteiger partial charge in [-0.25, -0.2) is 14.4 Å². The SMILES string of the molecule is COC(=O)[C@@H]1C[C@H](Oc2ccc3c(c2)CN(C(=O)OC(C)(C)C)[C@H](C(=O)N[C@@H]2CCCc4ccccc42)C3)CN1C(=O)OC(C)(C)C. The van der Waals surface area contributed by atoms with E-state index in [9.17, 15) is 19.2 Å². The van der Waals surface area contributed by atoms with Crippen molar-refractivity contribution in [3.63, 3.8) is 0 Å². The standard InChI is InChI=1S/C36H47N3O8/c1-35(2,3)46-33(42)38-20-24-17-25(45-26-19-30(32(41)44-7)39(21-26)34(43)47-36(4,5)6)16-15-23(24)18-29(38)31(40)37-28-14-10-12-22-11-8-9-13-27(22)28/h8-9,11,13,15-17,26,28-30H,10,12,14,18-21H2,1-7H3,(H,37,40)/t26-,28+,29-,30-/m0/s1. The number of carbonyl (C=O) groups is 4. The fraction of sp³-hybridized carbons (Fsp3) is 0.556. The number of hydrogen-bond donors (Lipinski definition) is 1. The van der Waals surface area contributed by atoms with E-state index in [1.807, 2.05) is 30.3 Å². The predicted octanol–water partition coefficient (Wildman–Crippen LogP) is 5.47. The van der Waals surface area contributed by atoms with Crippen molar-refractivity contribution in [3.8, 4) is 5.75 Å². The first-order valence-electron chi connectivity index (χ1n) is 16.4. The monoisotopic (exact) mass is 649 g/mol. The van der Waals surface area contributed by atoms with Gasteiger partial charge < -0.3 is 24.3 Å². The topological polar surface area (TPSA) is 124 Å². The van der Waals surface area contributed by atoms with Crippen molar-refractivity contribution in [2.24, 2.45) is 0 Å². The van der Waals surface area contributed by atoms with Gasteiger partial charge in [0.15, 0.2) is 0 Å². The van der Waals surface area contributed by atoms with E-state index in [0.717, 1.165) is 36.0 Å². The van der Waals surface area contributed by atoms with Crippen LogP contribution in [0.2, 0.25) is 0 Å². The maximum absolute atomic E-state index is 13.9. The molecule has 1 fully saturated rings. The summed E-state index contributed by atoms with van der Waals surface area (Å²) in [4.78, 5) is 55.7. The van der Waals surface area contributed by atoms with Crippen molar-refractivity contribution in [1.82, 2.24) is 15.1 Å². The highest BCUT2D eigenvalue weighted by atomic mass is 16.6. The van der Waals surface area contributed by atoms with Crippen LogP contribution in [0.15, 0.2) is 42.5 Å². The molecule has 11 nitrogen and oxygen atoms in total. The van der Waals surface area contributed by atoms with E-state index in [1.165, 1.54) is 22.5 Å². The fourth-order valence-electron chi connectivity index (χ4n) is 6.51. The Labute approximate surface area is 276 Å². The highest BCUT2D eigenvalue weighted by molar-refractivity contribution is 5.87. The van der Waals surface area contributed by atoms with E-state index in [2.05, 4.69) is 17.4 Å². The number of nitrogens with zero attached hydrogens (tertiary/aromatic N) is 2. The second kappa shape index (κ2) is 13.4. The number of ether oxygens (including phenoxy) is 4. The number of carbonyl (C=O) groups excluding carboxylic acids is 4. The Morgan fingerprint density at radius 3 is 2.19 bits per heavy atom. The van der Waals surface area contributed by atoms with Gasteiger partial charge in [-0.2, -0.15) is 0 Å². The second-order valence-electron chi connectivity index (χ2n) is 14.6. The summed E-state index contributed by atoms with van der Waals surface area (Å²) < 4.78 is 22.5. The molecule has 0 aromatic heterocycles. The molecule has 1 saturated heterocycles. The van der Waals surface area contributed by atoms with Gasteiger partial charge in [0.1, 0.15) is 35.1 Å². The molecule has 254 valence electrons. The Morgan fingerprint density at radius 1 is 0.830 bits per heavy atom. The first-order chi connectivity index (χ1) is 22.1. The maximum atomic E-state index is 13.9. The van der Waals surface area contributed by atoms with Crippen LogP contribution in [0.5, 0.6) is 5.75 Å². The quantitative estimate of drug-likeness (QED) is 0.334. The molecule has 5 rings (SSSR count). The van der Waals surface area contributed by atoms with Gasteiger partial charge in [0.25, 0.3) is 0 Å². The van der Waals surface area contributed by atoms with E-state index in [0.29, 0.717) is 12.2 Å². The third-order valence-electron chi connectivity index (χ3n) is 8.59. The summed E-state index contributed by atoms with van der Waals surface area (Å²) in [5.41, 5.74) is 2.64. The molecule has 1 N–H and O–H groups in total. The van der Waals surface area contributed by atoms with Crippen molar-refractivity contribution in [2.75, 3.05) is 13.7 Å². The number of rotatable bonds is 5. The largest absolute Gasteiger partial charge is 0.488 e. The van der Waals surface area contributed by atoms with Crippen LogP contribution in [0, 0.1) is 0 Å². The Balaban J connectivity index is 1.34. The third-order valence-corrected chi connectivity index (χ3v) is 8.59. The zero-order valence-corrected chi connectivity index (χ0v) is 28.5. The van der Waals surface area contributed by atoms with Crippen molar-refractivity contribution in [1.29, 1.82) is 0 Å². The molecule has 4 atom stereocenters. The minimum atomic E-state index is -0.837. The Morgan fingerprint density at radius 2 is 1.51 bits per heavy atom. The zero-order valence-electron chi connectivity index (χ0n) is 28.5. The molecule has 47 heavy (non-hydrogen) atoms. The van der Waals surface area contributed by atoms with E-state index in [-0.39, 0.29) is 31.5 Å². The van der Waals surface area contributed by atoms with Crippen LogP contribution < -0.4 is 10.1 Å². The maximum Gasteiger partial charge on any atom is 0.411 e. The normalized spacial score (nSPS) is 22.4. The number of methoxy groups -OCH3 is 1. The lowest BCUT2D eigenvalue weighted by molar-refractivity contribution is -0.145. The molecule has 2 aliphatic heterocycles. The number of amides is 3. The summed E-state index contributed by atoms with van der Waals surface area (Å²) in [6.45, 7) is 11.0. The van der Waals surface area contributed by atoms with Gasteiger partial charge in [-0.1, -0.05) is 30.3 Å². The Bertz CT molecular complexity index is 1510. The van der Waals surface area contributed by atoms with E-state index >= 15 is 0 Å². The second-order valence-corrected chi connectivity index (χ2v) is 14.6. The molecule has 3 aliphatic rings. The molecule has 2 aromatic rings. The lowest BCUT2D eigenvalue weighted by atomic mass is 9.87. The van der Waals surface area contributed by atoms with Crippen molar-refractivity contribution >= 4 is 24.1 Å². The van der Waals surface area contributed by atoms with E-state index < -0.39 is 47.5 Å². The number of hydrogen-bond acceptors (Lipinski definition) is 8. The van der Waals surface area contributed by atoms with Gasteiger partial charge in [-0.15, -0.1) is 0 Å². The lowest BCUT2D eigenvalue weighted by Crippen LogP contribution is -2.54. The van der Waals surface area contributed by atoms with Crippen LogP contribution in [-0.2, 0) is 43.2 Å². The molecular formula is C36H47N3O8. The first kappa shape index (κ1) is 34.1. The van der Waals surface area contributed by atoms with E-state index in [1.54, 1.807) is 41.5 Å². The molecule has 2 heterocycles. The van der Waals surface area contributed by atoms with Crippen molar-refractivity contribution < 1.29 is 38.1 Å². The third kappa shape index (κ3) is 8.18. The van der Waals surface area contributed by atoms with Crippen LogP contribution in [0.1, 0.15) is 89.1 Å². The number of aryl methyl sites for hydroxylation is 1. The summed E-state index contributed by atoms with van der Waals surface area (Å²) in [6.07, 6.45) is 1.67. The molecule has 1 aliphatic carbocycles. The van der Waals surface area contributed by atoms with Crippen LogP contribution >= 0.6 is 0 Å². The highest BCUT2D eigenvalue weighted by Gasteiger charge is 2.44. The van der Waals surface area contributed by atoms with Gasteiger partial charge in [-0.3, -0.25) is 14.6 Å². The van der Waals surface area contributed by atoms with Crippen LogP contribution in [0.3, 0.4) is 0 Å². The molecule has 0 bridgehead atoms. The van der Waals surface area contributed by atoms with Gasteiger partial charge in [0, 0.05) is 12.8 Å². The minimum Gasteiger partial charge on any atom is -0.488 e. The molecular weight excluding hydrogens is 602 g/mol. The molecule has 0 unspecified atom stereocenters. The van der Waals surface area contributed by atoms with Crippen LogP contribution in [-0.4, -0.2) is 76.9 Å². The van der Waals surface area contributed by atoms with Gasteiger partial charge in [0.05, 0.1) is 26.2 Å². The molecule has 2 aromatic carbocycles. The summed E-state index contributed by atoms with van der Waals surface area (Å²) >= 11 is 0. The number of likely N-dealkylation sites (tertiary alicyclic amines) is 1. The minimum absolute atomic E-state index is 0.120. The highest BCUT2D eigenvalue weighted by Crippen LogP contribution is 2.33. The van der Waals surface area contributed by atoms with Gasteiger partial charge in [0.2, 0.25) is 5.91 Å². The van der Waals surface area contributed by atoms with Gasteiger partial charge >= 0.3 is 18.2 Å². The lowest BCUT2D eigenvalue weighted by Gasteiger charge is -2.38. The van der Waals surface area contributed by atoms with Crippen molar-refractivity contribution in [2.45, 2.75) is 116 Å². The van der Waals surface area contributed by atoms with E-state index in [4.69, 9.17) is 18.9 Å². The van der Waals surface area contributed by atoms with Gasteiger partial charge in [-0.05, 0) is 95.2 Å². The zero-order chi connectivity index (χ0) is 34.1. The number of nitrogens with one attached hydrogen (secondary N) is 1. The van der Waals surface area contributed by atoms with Crippen LogP contribution in [0.4, 0.5) is 9.59 Å². The van der Waals surface area contributed by atoms with Crippen molar-refractivity contribution in [3.05, 3.63) is 64.7 Å². The molecule has 0 saturated carbocycles. The molecule has 11 heteroatoms. The first-order valence-corrected chi connectivity index (χ1v) is 16.4.